The number of nitrogens with one attached hydrogen (secondary N) is 1. The van der Waals surface area contributed by atoms with Crippen LogP contribution in [0.2, 0.25) is 0 Å². The topological polar surface area (TPSA) is 67.2 Å². The number of carbonyl (C=O) groups is 2. The highest BCUT2D eigenvalue weighted by Gasteiger charge is 2.34. The van der Waals surface area contributed by atoms with E-state index in [0.717, 1.165) is 12.1 Å². The van der Waals surface area contributed by atoms with Gasteiger partial charge >= 0.3 is 6.18 Å². The SMILES string of the molecule is CC(C)(C)C(=O)N1CCC(C(=O)Nc2cc(C(F)(F)F)ccc2-n2cccn2)CC1. The standard InChI is InChI=1S/C21H25F3N4O2/c1-20(2,3)19(30)27-11-7-14(8-12-27)18(29)26-16-13-15(21(22,23)24)5-6-17(16)28-10-4-9-25-28/h4-6,9-10,13-14H,7-8,11-12H2,1-3H3,(H,26,29). The summed E-state index contributed by atoms with van der Waals surface area (Å²) in [5.74, 6) is -0.708. The van der Waals surface area contributed by atoms with Crippen molar-refractivity contribution in [1.29, 1.82) is 0 Å². The van der Waals surface area contributed by atoms with Crippen molar-refractivity contribution in [2.45, 2.75) is 39.8 Å². The highest BCUT2D eigenvalue weighted by molar-refractivity contribution is 5.95. The lowest BCUT2D eigenvalue weighted by atomic mass is 9.90. The van der Waals surface area contributed by atoms with Crippen LogP contribution < -0.4 is 5.32 Å². The van der Waals surface area contributed by atoms with Gasteiger partial charge in [-0.3, -0.25) is 9.59 Å². The van der Waals surface area contributed by atoms with E-state index in [2.05, 4.69) is 10.4 Å². The predicted octanol–water partition coefficient (Wildman–Crippen LogP) is 4.11. The normalized spacial score (nSPS) is 15.9. The minimum atomic E-state index is -4.53. The number of piperidine rings is 1. The molecule has 0 saturated carbocycles. The van der Waals surface area contributed by atoms with E-state index < -0.39 is 17.2 Å². The Morgan fingerprint density at radius 3 is 2.33 bits per heavy atom. The van der Waals surface area contributed by atoms with Gasteiger partial charge in [0, 0.05) is 36.8 Å². The van der Waals surface area contributed by atoms with Crippen LogP contribution in [0.5, 0.6) is 0 Å². The average Bonchev–Trinajstić information content (AvgIpc) is 3.20. The fourth-order valence-corrected chi connectivity index (χ4v) is 3.48. The van der Waals surface area contributed by atoms with E-state index in [0.29, 0.717) is 31.6 Å². The van der Waals surface area contributed by atoms with Gasteiger partial charge in [-0.05, 0) is 37.1 Å². The molecule has 0 bridgehead atoms. The molecule has 1 aliphatic rings. The number of halogens is 3. The first-order chi connectivity index (χ1) is 14.0. The summed E-state index contributed by atoms with van der Waals surface area (Å²) in [6, 6.07) is 4.82. The number of amides is 2. The number of likely N-dealkylation sites (tertiary alicyclic amines) is 1. The molecule has 1 N–H and O–H groups in total. The van der Waals surface area contributed by atoms with Gasteiger partial charge in [0.25, 0.3) is 0 Å². The Morgan fingerprint density at radius 1 is 1.13 bits per heavy atom. The molecule has 9 heteroatoms. The van der Waals surface area contributed by atoms with Crippen molar-refractivity contribution >= 4 is 17.5 Å². The Kier molecular flexibility index (Phi) is 5.92. The molecule has 0 unspecified atom stereocenters. The fraction of sp³-hybridized carbons (Fsp3) is 0.476. The van der Waals surface area contributed by atoms with Gasteiger partial charge in [-0.15, -0.1) is 0 Å². The largest absolute Gasteiger partial charge is 0.416 e. The molecule has 162 valence electrons. The second kappa shape index (κ2) is 8.12. The third kappa shape index (κ3) is 4.83. The molecule has 1 aliphatic heterocycles. The number of carbonyl (C=O) groups excluding carboxylic acids is 2. The highest BCUT2D eigenvalue weighted by atomic mass is 19.4. The molecule has 2 heterocycles. The Bertz CT molecular complexity index is 909. The van der Waals surface area contributed by atoms with Crippen LogP contribution in [0.4, 0.5) is 18.9 Å². The Balaban J connectivity index is 1.76. The molecule has 0 atom stereocenters. The summed E-state index contributed by atoms with van der Waals surface area (Å²) in [5, 5.41) is 6.70. The van der Waals surface area contributed by atoms with Crippen LogP contribution in [0.25, 0.3) is 5.69 Å². The summed E-state index contributed by atoms with van der Waals surface area (Å²) in [6.07, 6.45) is -0.506. The van der Waals surface area contributed by atoms with Gasteiger partial charge in [0.1, 0.15) is 0 Å². The van der Waals surface area contributed by atoms with E-state index in [1.807, 2.05) is 20.8 Å². The third-order valence-corrected chi connectivity index (χ3v) is 5.13. The van der Waals surface area contributed by atoms with Crippen molar-refractivity contribution in [2.75, 3.05) is 18.4 Å². The van der Waals surface area contributed by atoms with Crippen molar-refractivity contribution in [3.05, 3.63) is 42.2 Å². The van der Waals surface area contributed by atoms with Crippen molar-refractivity contribution in [3.63, 3.8) is 0 Å². The van der Waals surface area contributed by atoms with E-state index in [1.54, 1.807) is 17.2 Å². The molecule has 2 amide bonds. The number of hydrogen-bond donors (Lipinski definition) is 1. The maximum atomic E-state index is 13.2. The van der Waals surface area contributed by atoms with Crippen LogP contribution in [-0.2, 0) is 15.8 Å². The fourth-order valence-electron chi connectivity index (χ4n) is 3.48. The van der Waals surface area contributed by atoms with Gasteiger partial charge < -0.3 is 10.2 Å². The number of aromatic nitrogens is 2. The van der Waals surface area contributed by atoms with E-state index in [4.69, 9.17) is 0 Å². The quantitative estimate of drug-likeness (QED) is 0.809. The van der Waals surface area contributed by atoms with Crippen molar-refractivity contribution in [1.82, 2.24) is 14.7 Å². The maximum absolute atomic E-state index is 13.2. The van der Waals surface area contributed by atoms with E-state index >= 15 is 0 Å². The molecule has 0 aliphatic carbocycles. The van der Waals surface area contributed by atoms with Crippen molar-refractivity contribution in [2.24, 2.45) is 11.3 Å². The van der Waals surface area contributed by atoms with Crippen LogP contribution in [-0.4, -0.2) is 39.6 Å². The monoisotopic (exact) mass is 422 g/mol. The number of rotatable bonds is 3. The summed E-state index contributed by atoms with van der Waals surface area (Å²) >= 11 is 0. The summed E-state index contributed by atoms with van der Waals surface area (Å²) in [5.41, 5.74) is -0.945. The zero-order valence-corrected chi connectivity index (χ0v) is 17.2. The van der Waals surface area contributed by atoms with Gasteiger partial charge in [-0.2, -0.15) is 18.3 Å². The van der Waals surface area contributed by atoms with Gasteiger partial charge in [-0.25, -0.2) is 4.68 Å². The van der Waals surface area contributed by atoms with Crippen LogP contribution in [0.3, 0.4) is 0 Å². The molecular weight excluding hydrogens is 397 g/mol. The first-order valence-corrected chi connectivity index (χ1v) is 9.78. The van der Waals surface area contributed by atoms with Crippen LogP contribution in [0.15, 0.2) is 36.7 Å². The molecule has 1 aromatic carbocycles. The van der Waals surface area contributed by atoms with Crippen LogP contribution >= 0.6 is 0 Å². The minimum Gasteiger partial charge on any atom is -0.342 e. The molecule has 0 spiro atoms. The number of benzene rings is 1. The third-order valence-electron chi connectivity index (χ3n) is 5.13. The molecule has 1 saturated heterocycles. The second-order valence-corrected chi connectivity index (χ2v) is 8.49. The summed E-state index contributed by atoms with van der Waals surface area (Å²) in [6.45, 7) is 6.43. The van der Waals surface area contributed by atoms with E-state index in [9.17, 15) is 22.8 Å². The Hall–Kier alpha value is -2.84. The molecule has 1 fully saturated rings. The second-order valence-electron chi connectivity index (χ2n) is 8.49. The minimum absolute atomic E-state index is 0.0280. The van der Waals surface area contributed by atoms with Crippen LogP contribution in [0.1, 0.15) is 39.2 Å². The molecule has 2 aromatic rings. The Labute approximate surface area is 173 Å². The van der Waals surface area contributed by atoms with Crippen molar-refractivity contribution in [3.8, 4) is 5.69 Å². The number of hydrogen-bond acceptors (Lipinski definition) is 3. The lowest BCUT2D eigenvalue weighted by molar-refractivity contribution is -0.142. The zero-order valence-electron chi connectivity index (χ0n) is 17.2. The highest BCUT2D eigenvalue weighted by Crippen LogP contribution is 2.34. The molecule has 3 rings (SSSR count). The Morgan fingerprint density at radius 2 is 1.80 bits per heavy atom. The van der Waals surface area contributed by atoms with Crippen LogP contribution in [0, 0.1) is 11.3 Å². The lowest BCUT2D eigenvalue weighted by Gasteiger charge is -2.35. The van der Waals surface area contributed by atoms with E-state index in [-0.39, 0.29) is 23.4 Å². The summed E-state index contributed by atoms with van der Waals surface area (Å²) in [4.78, 5) is 26.9. The summed E-state index contributed by atoms with van der Waals surface area (Å²) < 4.78 is 40.9. The number of alkyl halides is 3. The predicted molar refractivity (Wildman–Crippen MR) is 106 cm³/mol. The van der Waals surface area contributed by atoms with Gasteiger partial charge in [0.15, 0.2) is 0 Å². The maximum Gasteiger partial charge on any atom is 0.416 e. The first kappa shape index (κ1) is 21.9. The number of nitrogens with zero attached hydrogens (tertiary/aromatic N) is 3. The molecule has 30 heavy (non-hydrogen) atoms. The lowest BCUT2D eigenvalue weighted by Crippen LogP contribution is -2.45. The first-order valence-electron chi connectivity index (χ1n) is 9.78. The molecular formula is C21H25F3N4O2. The van der Waals surface area contributed by atoms with Crippen molar-refractivity contribution < 1.29 is 22.8 Å². The molecule has 6 nitrogen and oxygen atoms in total. The van der Waals surface area contributed by atoms with Gasteiger partial charge in [0.05, 0.1) is 16.9 Å². The van der Waals surface area contributed by atoms with Gasteiger partial charge in [0.2, 0.25) is 11.8 Å². The smallest absolute Gasteiger partial charge is 0.342 e. The number of anilines is 1. The molecule has 0 radical (unpaired) electrons. The average molecular weight is 422 g/mol. The van der Waals surface area contributed by atoms with E-state index in [1.165, 1.54) is 16.9 Å². The zero-order chi connectivity index (χ0) is 22.1. The summed E-state index contributed by atoms with van der Waals surface area (Å²) in [7, 11) is 0. The molecule has 1 aromatic heterocycles. The van der Waals surface area contributed by atoms with Gasteiger partial charge in [-0.1, -0.05) is 20.8 Å².